The minimum absolute atomic E-state index is 0.0210. The first-order valence-electron chi connectivity index (χ1n) is 5.95. The Morgan fingerprint density at radius 1 is 1.48 bits per heavy atom. The van der Waals surface area contributed by atoms with Crippen LogP contribution in [0.2, 0.25) is 5.02 Å². The molecule has 1 fully saturated rings. The summed E-state index contributed by atoms with van der Waals surface area (Å²) in [7, 11) is -4.08. The van der Waals surface area contributed by atoms with Gasteiger partial charge < -0.3 is 9.84 Å². The van der Waals surface area contributed by atoms with Gasteiger partial charge in [0.2, 0.25) is 10.0 Å². The fourth-order valence-electron chi connectivity index (χ4n) is 2.01. The number of cyclic esters (lactones) is 1. The Bertz CT molecular complexity index is 715. The van der Waals surface area contributed by atoms with Crippen molar-refractivity contribution in [3.8, 4) is 0 Å². The molecule has 0 amide bonds. The maximum atomic E-state index is 12.3. The van der Waals surface area contributed by atoms with Crippen LogP contribution in [0, 0.1) is 6.92 Å². The van der Waals surface area contributed by atoms with E-state index in [1.165, 1.54) is 13.0 Å². The van der Waals surface area contributed by atoms with Crippen molar-refractivity contribution in [2.75, 3.05) is 6.61 Å². The molecule has 1 heterocycles. The van der Waals surface area contributed by atoms with E-state index in [0.29, 0.717) is 0 Å². The summed E-state index contributed by atoms with van der Waals surface area (Å²) in [6, 6.07) is 1.34. The summed E-state index contributed by atoms with van der Waals surface area (Å²) in [6.45, 7) is 1.50. The molecule has 1 aliphatic heterocycles. The molecule has 0 bridgehead atoms. The molecule has 0 aromatic heterocycles. The number of carboxylic acids is 1. The summed E-state index contributed by atoms with van der Waals surface area (Å²) >= 11 is 5.77. The highest BCUT2D eigenvalue weighted by molar-refractivity contribution is 7.89. The Kier molecular flexibility index (Phi) is 4.22. The zero-order valence-corrected chi connectivity index (χ0v) is 12.5. The lowest BCUT2D eigenvalue weighted by Crippen LogP contribution is -2.38. The molecule has 0 saturated carbocycles. The van der Waals surface area contributed by atoms with Gasteiger partial charge in [-0.15, -0.1) is 0 Å². The molecule has 1 atom stereocenters. The highest BCUT2D eigenvalue weighted by atomic mass is 35.5. The zero-order valence-electron chi connectivity index (χ0n) is 10.9. The number of carbonyl (C=O) groups is 2. The van der Waals surface area contributed by atoms with E-state index in [0.717, 1.165) is 6.07 Å². The predicted molar refractivity (Wildman–Crippen MR) is 72.8 cm³/mol. The summed E-state index contributed by atoms with van der Waals surface area (Å²) in [4.78, 5) is 22.2. The number of rotatable bonds is 4. The average molecular weight is 334 g/mol. The number of carbonyl (C=O) groups excluding carboxylic acids is 1. The maximum Gasteiger partial charge on any atom is 0.336 e. The molecule has 0 radical (unpaired) electrons. The molecule has 2 N–H and O–H groups in total. The number of aromatic carboxylic acids is 1. The summed E-state index contributed by atoms with van der Waals surface area (Å²) < 4.78 is 31.5. The molecule has 9 heteroatoms. The van der Waals surface area contributed by atoms with Crippen molar-refractivity contribution in [3.05, 3.63) is 28.3 Å². The van der Waals surface area contributed by atoms with Gasteiger partial charge in [0.15, 0.2) is 0 Å². The number of benzene rings is 1. The van der Waals surface area contributed by atoms with Crippen LogP contribution in [0.25, 0.3) is 0 Å². The van der Waals surface area contributed by atoms with E-state index in [4.69, 9.17) is 16.7 Å². The van der Waals surface area contributed by atoms with Gasteiger partial charge >= 0.3 is 11.9 Å². The molecule has 1 saturated heterocycles. The summed E-state index contributed by atoms with van der Waals surface area (Å²) in [5, 5.41) is 9.04. The lowest BCUT2D eigenvalue weighted by atomic mass is 10.1. The SMILES string of the molecule is Cc1c(C(=O)O)cc(Cl)cc1S(=O)(=O)NC1CCOC1=O. The molecule has 1 aromatic rings. The first-order chi connectivity index (χ1) is 9.72. The Hall–Kier alpha value is -1.64. The van der Waals surface area contributed by atoms with Gasteiger partial charge in [0.25, 0.3) is 0 Å². The number of hydrogen-bond acceptors (Lipinski definition) is 5. The zero-order chi connectivity index (χ0) is 15.8. The number of sulfonamides is 1. The summed E-state index contributed by atoms with van der Waals surface area (Å²) in [5.74, 6) is -1.94. The van der Waals surface area contributed by atoms with Crippen LogP contribution < -0.4 is 4.72 Å². The molecule has 2 rings (SSSR count). The minimum atomic E-state index is -4.08. The predicted octanol–water partition coefficient (Wildman–Crippen LogP) is 0.940. The van der Waals surface area contributed by atoms with E-state index >= 15 is 0 Å². The van der Waals surface area contributed by atoms with Crippen molar-refractivity contribution in [3.63, 3.8) is 0 Å². The molecule has 1 unspecified atom stereocenters. The molecule has 7 nitrogen and oxygen atoms in total. The van der Waals surface area contributed by atoms with E-state index in [9.17, 15) is 18.0 Å². The van der Waals surface area contributed by atoms with Crippen LogP contribution in [0.15, 0.2) is 17.0 Å². The first-order valence-corrected chi connectivity index (χ1v) is 7.81. The standard InChI is InChI=1S/C12H12ClNO6S/c1-6-8(11(15)16)4-7(13)5-10(6)21(18,19)14-9-2-3-20-12(9)17/h4-5,9,14H,2-3H2,1H3,(H,15,16). The van der Waals surface area contributed by atoms with E-state index in [1.807, 2.05) is 0 Å². The van der Waals surface area contributed by atoms with Crippen LogP contribution in [0.3, 0.4) is 0 Å². The van der Waals surface area contributed by atoms with Gasteiger partial charge in [-0.1, -0.05) is 11.6 Å². The van der Waals surface area contributed by atoms with E-state index in [1.54, 1.807) is 0 Å². The second-order valence-electron chi connectivity index (χ2n) is 4.51. The van der Waals surface area contributed by atoms with Crippen molar-refractivity contribution in [2.45, 2.75) is 24.3 Å². The van der Waals surface area contributed by atoms with Gasteiger partial charge in [-0.05, 0) is 24.6 Å². The van der Waals surface area contributed by atoms with Gasteiger partial charge in [-0.3, -0.25) is 4.79 Å². The number of hydrogen-bond donors (Lipinski definition) is 2. The first kappa shape index (κ1) is 15.7. The lowest BCUT2D eigenvalue weighted by Gasteiger charge is -2.13. The fourth-order valence-corrected chi connectivity index (χ4v) is 3.80. The molecule has 114 valence electrons. The number of halogens is 1. The third-order valence-electron chi connectivity index (χ3n) is 3.08. The van der Waals surface area contributed by atoms with Crippen LogP contribution in [-0.4, -0.2) is 38.1 Å². The largest absolute Gasteiger partial charge is 0.478 e. The quantitative estimate of drug-likeness (QED) is 0.793. The highest BCUT2D eigenvalue weighted by Crippen LogP contribution is 2.25. The van der Waals surface area contributed by atoms with Crippen LogP contribution in [0.1, 0.15) is 22.3 Å². The van der Waals surface area contributed by atoms with Gasteiger partial charge in [0.05, 0.1) is 17.1 Å². The molecule has 0 spiro atoms. The van der Waals surface area contributed by atoms with Gasteiger partial charge in [0.1, 0.15) is 6.04 Å². The number of esters is 1. The molecule has 1 aromatic carbocycles. The maximum absolute atomic E-state index is 12.3. The normalized spacial score (nSPS) is 18.6. The van der Waals surface area contributed by atoms with Crippen LogP contribution in [0.4, 0.5) is 0 Å². The smallest absolute Gasteiger partial charge is 0.336 e. The van der Waals surface area contributed by atoms with Gasteiger partial charge in [-0.2, -0.15) is 4.72 Å². The summed E-state index contributed by atoms with van der Waals surface area (Å²) in [6.07, 6.45) is 0.226. The topological polar surface area (TPSA) is 110 Å². The highest BCUT2D eigenvalue weighted by Gasteiger charge is 2.32. The van der Waals surface area contributed by atoms with Crippen LogP contribution >= 0.6 is 11.6 Å². The average Bonchev–Trinajstić information content (AvgIpc) is 2.76. The van der Waals surface area contributed by atoms with Crippen LogP contribution in [0.5, 0.6) is 0 Å². The Morgan fingerprint density at radius 3 is 2.67 bits per heavy atom. The van der Waals surface area contributed by atoms with Crippen molar-refractivity contribution >= 4 is 33.6 Å². The molecule has 1 aliphatic rings. The van der Waals surface area contributed by atoms with Crippen molar-refractivity contribution in [1.29, 1.82) is 0 Å². The minimum Gasteiger partial charge on any atom is -0.478 e. The van der Waals surface area contributed by atoms with E-state index in [2.05, 4.69) is 9.46 Å². The second-order valence-corrected chi connectivity index (χ2v) is 6.63. The Morgan fingerprint density at radius 2 is 2.14 bits per heavy atom. The molecule has 0 aliphatic carbocycles. The van der Waals surface area contributed by atoms with Crippen molar-refractivity contribution in [2.24, 2.45) is 0 Å². The van der Waals surface area contributed by atoms with Crippen LogP contribution in [-0.2, 0) is 19.6 Å². The molecule has 21 heavy (non-hydrogen) atoms. The van der Waals surface area contributed by atoms with Gasteiger partial charge in [-0.25, -0.2) is 13.2 Å². The monoisotopic (exact) mass is 333 g/mol. The lowest BCUT2D eigenvalue weighted by molar-refractivity contribution is -0.139. The third kappa shape index (κ3) is 3.17. The number of nitrogens with one attached hydrogen (secondary N) is 1. The number of carboxylic acid groups (broad SMARTS) is 1. The third-order valence-corrected chi connectivity index (χ3v) is 4.89. The fraction of sp³-hybridized carbons (Fsp3) is 0.333. The van der Waals surface area contributed by atoms with Crippen molar-refractivity contribution in [1.82, 2.24) is 4.72 Å². The van der Waals surface area contributed by atoms with E-state index < -0.39 is 28.0 Å². The van der Waals surface area contributed by atoms with Crippen molar-refractivity contribution < 1.29 is 27.9 Å². The van der Waals surface area contributed by atoms with Gasteiger partial charge in [0, 0.05) is 11.4 Å². The summed E-state index contributed by atoms with van der Waals surface area (Å²) in [5.41, 5.74) is -0.164. The molecular formula is C12H12ClNO6S. The molecular weight excluding hydrogens is 322 g/mol. The Balaban J connectivity index is 2.44. The Labute approximate surface area is 125 Å². The second kappa shape index (κ2) is 5.63. The number of ether oxygens (including phenoxy) is 1. The van der Waals surface area contributed by atoms with E-state index in [-0.39, 0.29) is 34.1 Å².